The van der Waals surface area contributed by atoms with E-state index < -0.39 is 10.8 Å². The fourth-order valence-corrected chi connectivity index (χ4v) is 2.95. The summed E-state index contributed by atoms with van der Waals surface area (Å²) in [4.78, 5) is 12.4. The number of aromatic nitrogens is 2. The molecule has 2 heterocycles. The van der Waals surface area contributed by atoms with Crippen LogP contribution in [0.4, 0.5) is 0 Å². The van der Waals surface area contributed by atoms with Crippen LogP contribution in [0.3, 0.4) is 0 Å². The van der Waals surface area contributed by atoms with Crippen molar-refractivity contribution < 1.29 is 18.7 Å². The van der Waals surface area contributed by atoms with E-state index in [9.17, 15) is 10.1 Å². The van der Waals surface area contributed by atoms with Gasteiger partial charge in [-0.15, -0.1) is 10.2 Å². The molecule has 0 saturated heterocycles. The Morgan fingerprint density at radius 1 is 1.30 bits per heavy atom. The lowest BCUT2D eigenvalue weighted by Crippen LogP contribution is -2.51. The van der Waals surface area contributed by atoms with Crippen molar-refractivity contribution in [1.29, 1.82) is 5.26 Å². The predicted octanol–water partition coefficient (Wildman–Crippen LogP) is 3.00. The van der Waals surface area contributed by atoms with E-state index in [4.69, 9.17) is 13.9 Å². The molecule has 1 aromatic carbocycles. The Hall–Kier alpha value is -2.73. The van der Waals surface area contributed by atoms with E-state index in [-0.39, 0.29) is 23.8 Å². The van der Waals surface area contributed by atoms with E-state index in [0.29, 0.717) is 23.0 Å². The molecule has 1 amide bonds. The quantitative estimate of drug-likeness (QED) is 0.752. The van der Waals surface area contributed by atoms with Crippen molar-refractivity contribution in [3.8, 4) is 29.0 Å². The van der Waals surface area contributed by atoms with Crippen LogP contribution < -0.4 is 14.8 Å². The zero-order valence-corrected chi connectivity index (χ0v) is 16.3. The average molecular weight is 388 g/mol. The Bertz CT molecular complexity index is 892. The Kier molecular flexibility index (Phi) is 5.28. The maximum Gasteiger partial charge on any atom is 0.277 e. The van der Waals surface area contributed by atoms with Gasteiger partial charge in [0.05, 0.1) is 11.3 Å². The molecule has 1 aromatic heterocycles. The average Bonchev–Trinajstić information content (AvgIpc) is 3.29. The molecule has 0 aliphatic carbocycles. The first kappa shape index (κ1) is 19.0. The number of rotatable bonds is 6. The van der Waals surface area contributed by atoms with Crippen LogP contribution in [0.15, 0.2) is 27.8 Å². The van der Waals surface area contributed by atoms with Crippen LogP contribution in [0.5, 0.6) is 11.5 Å². The van der Waals surface area contributed by atoms with Gasteiger partial charge in [0.15, 0.2) is 11.5 Å². The third kappa shape index (κ3) is 4.01. The maximum absolute atomic E-state index is 12.4. The van der Waals surface area contributed by atoms with Gasteiger partial charge in [0.1, 0.15) is 5.54 Å². The van der Waals surface area contributed by atoms with Crippen molar-refractivity contribution in [2.75, 3.05) is 6.79 Å². The molecule has 1 aliphatic rings. The minimum atomic E-state index is -0.932. The minimum Gasteiger partial charge on any atom is -0.454 e. The van der Waals surface area contributed by atoms with Gasteiger partial charge in [0.25, 0.3) is 5.22 Å². The highest BCUT2D eigenvalue weighted by Crippen LogP contribution is 2.36. The topological polar surface area (TPSA) is 110 Å². The molecule has 2 aromatic rings. The summed E-state index contributed by atoms with van der Waals surface area (Å²) in [5.74, 6) is 1.33. The van der Waals surface area contributed by atoms with E-state index in [1.54, 1.807) is 32.0 Å². The van der Waals surface area contributed by atoms with Gasteiger partial charge in [-0.2, -0.15) is 5.26 Å². The van der Waals surface area contributed by atoms with Crippen molar-refractivity contribution in [1.82, 2.24) is 15.5 Å². The lowest BCUT2D eigenvalue weighted by molar-refractivity contribution is -0.121. The Morgan fingerprint density at radius 3 is 2.74 bits per heavy atom. The zero-order valence-electron chi connectivity index (χ0n) is 15.5. The van der Waals surface area contributed by atoms with Crippen LogP contribution in [-0.4, -0.2) is 33.7 Å². The summed E-state index contributed by atoms with van der Waals surface area (Å²) >= 11 is 1.14. The minimum absolute atomic E-state index is 0.0235. The lowest BCUT2D eigenvalue weighted by atomic mass is 9.90. The van der Waals surface area contributed by atoms with E-state index in [1.807, 2.05) is 13.8 Å². The van der Waals surface area contributed by atoms with E-state index in [1.165, 1.54) is 0 Å². The highest BCUT2D eigenvalue weighted by Gasteiger charge is 2.32. The van der Waals surface area contributed by atoms with Crippen LogP contribution >= 0.6 is 11.8 Å². The molecule has 0 saturated carbocycles. The number of carbonyl (C=O) groups is 1. The molecule has 142 valence electrons. The van der Waals surface area contributed by atoms with Crippen molar-refractivity contribution in [3.05, 3.63) is 18.2 Å². The second kappa shape index (κ2) is 7.48. The highest BCUT2D eigenvalue weighted by atomic mass is 32.2. The van der Waals surface area contributed by atoms with Crippen LogP contribution in [-0.2, 0) is 4.79 Å². The summed E-state index contributed by atoms with van der Waals surface area (Å²) in [5, 5.41) is 19.9. The first-order valence-electron chi connectivity index (χ1n) is 8.46. The third-order valence-corrected chi connectivity index (χ3v) is 5.38. The monoisotopic (exact) mass is 388 g/mol. The lowest BCUT2D eigenvalue weighted by Gasteiger charge is -2.28. The molecular weight excluding hydrogens is 368 g/mol. The number of nitriles is 1. The summed E-state index contributed by atoms with van der Waals surface area (Å²) in [6, 6.07) is 7.50. The molecule has 1 aliphatic heterocycles. The number of carbonyl (C=O) groups excluding carboxylic acids is 1. The van der Waals surface area contributed by atoms with Crippen LogP contribution in [0.25, 0.3) is 11.5 Å². The number of ether oxygens (including phenoxy) is 2. The first-order chi connectivity index (χ1) is 12.8. The molecule has 8 nitrogen and oxygen atoms in total. The molecule has 2 atom stereocenters. The SMILES string of the molecule is CC(C)[C@](C)(C#N)NC(=O)[C@@H](C)Sc1nnc(-c2ccc3c(c2)OCO3)o1. The molecule has 1 N–H and O–H groups in total. The van der Waals surface area contributed by atoms with E-state index in [2.05, 4.69) is 21.6 Å². The van der Waals surface area contributed by atoms with Crippen molar-refractivity contribution in [2.45, 2.75) is 43.7 Å². The fraction of sp³-hybridized carbons (Fsp3) is 0.444. The summed E-state index contributed by atoms with van der Waals surface area (Å²) in [6.45, 7) is 7.39. The Morgan fingerprint density at radius 2 is 2.04 bits per heavy atom. The van der Waals surface area contributed by atoms with Gasteiger partial charge in [0.2, 0.25) is 18.6 Å². The van der Waals surface area contributed by atoms with Crippen LogP contribution in [0, 0.1) is 17.2 Å². The van der Waals surface area contributed by atoms with Crippen molar-refractivity contribution in [2.24, 2.45) is 5.92 Å². The molecule has 0 unspecified atom stereocenters. The summed E-state index contributed by atoms with van der Waals surface area (Å²) < 4.78 is 16.3. The van der Waals surface area contributed by atoms with Gasteiger partial charge in [-0.05, 0) is 38.0 Å². The van der Waals surface area contributed by atoms with Gasteiger partial charge in [-0.1, -0.05) is 25.6 Å². The van der Waals surface area contributed by atoms with Crippen LogP contribution in [0.2, 0.25) is 0 Å². The van der Waals surface area contributed by atoms with Gasteiger partial charge in [-0.3, -0.25) is 4.79 Å². The number of fused-ring (bicyclic) bond motifs is 1. The largest absolute Gasteiger partial charge is 0.454 e. The molecule has 0 fully saturated rings. The standard InChI is InChI=1S/C18H20N4O4S/c1-10(2)18(4,8-19)20-15(23)11(3)27-17-22-21-16(26-17)12-5-6-13-14(7-12)25-9-24-13/h5-7,10-11H,9H2,1-4H3,(H,20,23)/t11-,18+/m1/s1. The summed E-state index contributed by atoms with van der Waals surface area (Å²) in [6.07, 6.45) is 0. The Balaban J connectivity index is 1.67. The number of amides is 1. The van der Waals surface area contributed by atoms with Gasteiger partial charge < -0.3 is 19.2 Å². The second-order valence-corrected chi connectivity index (χ2v) is 7.95. The number of nitrogens with one attached hydrogen (secondary N) is 1. The number of hydrogen-bond acceptors (Lipinski definition) is 8. The zero-order chi connectivity index (χ0) is 19.6. The summed E-state index contributed by atoms with van der Waals surface area (Å²) in [5.41, 5.74) is -0.231. The van der Waals surface area contributed by atoms with Crippen molar-refractivity contribution >= 4 is 17.7 Å². The van der Waals surface area contributed by atoms with E-state index >= 15 is 0 Å². The van der Waals surface area contributed by atoms with Gasteiger partial charge in [0, 0.05) is 5.56 Å². The first-order valence-corrected chi connectivity index (χ1v) is 9.34. The number of benzene rings is 1. The van der Waals surface area contributed by atoms with E-state index in [0.717, 1.165) is 11.8 Å². The molecule has 0 bridgehead atoms. The molecule has 0 radical (unpaired) electrons. The van der Waals surface area contributed by atoms with Gasteiger partial charge in [-0.25, -0.2) is 0 Å². The normalized spacial score (nSPS) is 15.9. The predicted molar refractivity (Wildman–Crippen MR) is 98.2 cm³/mol. The molecule has 9 heteroatoms. The molecular formula is C18H20N4O4S. The van der Waals surface area contributed by atoms with Gasteiger partial charge >= 0.3 is 0 Å². The molecule has 27 heavy (non-hydrogen) atoms. The summed E-state index contributed by atoms with van der Waals surface area (Å²) in [7, 11) is 0. The number of hydrogen-bond donors (Lipinski definition) is 1. The van der Waals surface area contributed by atoms with Crippen LogP contribution in [0.1, 0.15) is 27.7 Å². The number of thioether (sulfide) groups is 1. The fourth-order valence-electron chi connectivity index (χ4n) is 2.27. The maximum atomic E-state index is 12.4. The third-order valence-electron chi connectivity index (χ3n) is 4.44. The molecule has 3 rings (SSSR count). The highest BCUT2D eigenvalue weighted by molar-refractivity contribution is 8.00. The second-order valence-electron chi connectivity index (χ2n) is 6.66. The molecule has 0 spiro atoms. The Labute approximate surface area is 161 Å². The number of nitrogens with zero attached hydrogens (tertiary/aromatic N) is 3. The van der Waals surface area contributed by atoms with Crippen molar-refractivity contribution in [3.63, 3.8) is 0 Å². The smallest absolute Gasteiger partial charge is 0.277 e.